The topological polar surface area (TPSA) is 135 Å². The molecule has 10 heteroatoms. The van der Waals surface area contributed by atoms with E-state index in [0.717, 1.165) is 26.2 Å². The molecular weight excluding hydrogens is 283 g/mol. The molecule has 0 aliphatic carbocycles. The van der Waals surface area contributed by atoms with Crippen LogP contribution in [0.4, 0.5) is 11.6 Å². The van der Waals surface area contributed by atoms with Crippen LogP contribution in [-0.4, -0.2) is 46.6 Å². The van der Waals surface area contributed by atoms with Crippen molar-refractivity contribution < 1.29 is 10.7 Å². The summed E-state index contributed by atoms with van der Waals surface area (Å²) in [6, 6.07) is 1.57. The average Bonchev–Trinajstić information content (AvgIpc) is 2.26. The van der Waals surface area contributed by atoms with E-state index in [9.17, 15) is 5.21 Å². The van der Waals surface area contributed by atoms with Gasteiger partial charge < -0.3 is 26.6 Å². The van der Waals surface area contributed by atoms with Crippen molar-refractivity contribution in [1.29, 1.82) is 5.41 Å². The molecule has 1 aromatic heterocycles. The number of rotatable bonds is 1. The van der Waals surface area contributed by atoms with Gasteiger partial charge in [0.25, 0.3) is 5.62 Å². The second-order valence-electron chi connectivity index (χ2n) is 3.41. The number of nitrogen functional groups attached to an aromatic ring is 1. The summed E-state index contributed by atoms with van der Waals surface area (Å²) < 4.78 is 0.561. The summed E-state index contributed by atoms with van der Waals surface area (Å²) in [6.45, 7) is 3.45. The average molecular weight is 301 g/mol. The highest BCUT2D eigenvalue weighted by molar-refractivity contribution is 5.85. The highest BCUT2D eigenvalue weighted by Gasteiger charge is 2.13. The van der Waals surface area contributed by atoms with E-state index in [2.05, 4.69) is 10.3 Å². The summed E-state index contributed by atoms with van der Waals surface area (Å²) in [4.78, 5) is 5.99. The Morgan fingerprint density at radius 2 is 1.89 bits per heavy atom. The van der Waals surface area contributed by atoms with Crippen LogP contribution in [0, 0.1) is 5.41 Å². The Morgan fingerprint density at radius 1 is 1.33 bits per heavy atom. The fourth-order valence-electron chi connectivity index (χ4n) is 1.56. The van der Waals surface area contributed by atoms with Crippen molar-refractivity contribution in [3.05, 3.63) is 11.7 Å². The number of halogens is 2. The number of piperazine rings is 1. The highest BCUT2D eigenvalue weighted by Crippen LogP contribution is 2.11. The van der Waals surface area contributed by atoms with Gasteiger partial charge in [0.15, 0.2) is 0 Å². The first-order valence-corrected chi connectivity index (χ1v) is 4.77. The van der Waals surface area contributed by atoms with Gasteiger partial charge in [0.05, 0.1) is 0 Å². The van der Waals surface area contributed by atoms with Crippen LogP contribution < -0.4 is 21.6 Å². The molecule has 0 amide bonds. The standard InChI is InChI=1S/C8H14N6O.2ClH.H2O/c9-6-5-7(12-8(10)14(6)15)13-3-1-11-2-4-13;;;/h5,10-11,15H,1-4,9H2;2*1H;1H2. The SMILES string of the molecule is Cl.Cl.N=c1nc(N2CCNCC2)cc(N)n1O.O. The summed E-state index contributed by atoms with van der Waals surface area (Å²) in [5.41, 5.74) is 5.29. The molecule has 0 bridgehead atoms. The number of nitrogens with one attached hydrogen (secondary N) is 2. The van der Waals surface area contributed by atoms with Crippen molar-refractivity contribution in [3.63, 3.8) is 0 Å². The molecule has 8 nitrogen and oxygen atoms in total. The maximum atomic E-state index is 9.24. The Morgan fingerprint density at radius 3 is 2.39 bits per heavy atom. The summed E-state index contributed by atoms with van der Waals surface area (Å²) in [5, 5.41) is 19.9. The summed E-state index contributed by atoms with van der Waals surface area (Å²) in [7, 11) is 0. The molecule has 1 aliphatic rings. The zero-order chi connectivity index (χ0) is 10.8. The third-order valence-corrected chi connectivity index (χ3v) is 2.38. The molecular formula is C8H18Cl2N6O2. The molecule has 0 unspecified atom stereocenters. The smallest absolute Gasteiger partial charge is 0.259 e. The zero-order valence-corrected chi connectivity index (χ0v) is 11.2. The van der Waals surface area contributed by atoms with Gasteiger partial charge in [0, 0.05) is 32.2 Å². The predicted molar refractivity (Wildman–Crippen MR) is 72.9 cm³/mol. The predicted octanol–water partition coefficient (Wildman–Crippen LogP) is -1.39. The summed E-state index contributed by atoms with van der Waals surface area (Å²) >= 11 is 0. The van der Waals surface area contributed by atoms with E-state index in [-0.39, 0.29) is 41.7 Å². The fraction of sp³-hybridized carbons (Fsp3) is 0.500. The van der Waals surface area contributed by atoms with Gasteiger partial charge in [-0.05, 0) is 0 Å². The van der Waals surface area contributed by atoms with Crippen LogP contribution in [0.3, 0.4) is 0 Å². The molecule has 1 aromatic rings. The van der Waals surface area contributed by atoms with Crippen molar-refractivity contribution >= 4 is 36.4 Å². The number of hydrogen-bond donors (Lipinski definition) is 4. The first-order chi connectivity index (χ1) is 7.18. The molecule has 1 fully saturated rings. The van der Waals surface area contributed by atoms with Crippen LogP contribution in [0.25, 0.3) is 0 Å². The first-order valence-electron chi connectivity index (χ1n) is 4.77. The van der Waals surface area contributed by atoms with Gasteiger partial charge in [-0.25, -0.2) is 0 Å². The molecule has 0 aromatic carbocycles. The Balaban J connectivity index is 0. The molecule has 18 heavy (non-hydrogen) atoms. The van der Waals surface area contributed by atoms with Gasteiger partial charge >= 0.3 is 0 Å². The first kappa shape index (κ1) is 19.1. The van der Waals surface area contributed by atoms with Gasteiger partial charge in [-0.1, -0.05) is 0 Å². The van der Waals surface area contributed by atoms with Crippen molar-refractivity contribution in [2.75, 3.05) is 36.8 Å². The lowest BCUT2D eigenvalue weighted by atomic mass is 10.3. The lowest BCUT2D eigenvalue weighted by molar-refractivity contribution is 0.171. The Hall–Kier alpha value is -1.22. The minimum absolute atomic E-state index is 0. The summed E-state index contributed by atoms with van der Waals surface area (Å²) in [6.07, 6.45) is 0. The Bertz CT molecular complexity index is 421. The fourth-order valence-corrected chi connectivity index (χ4v) is 1.56. The van der Waals surface area contributed by atoms with Crippen LogP contribution in [0.2, 0.25) is 0 Å². The number of nitrogens with zero attached hydrogens (tertiary/aromatic N) is 3. The molecule has 1 saturated heterocycles. The minimum atomic E-state index is -0.247. The van der Waals surface area contributed by atoms with E-state index in [1.807, 2.05) is 4.90 Å². The molecule has 1 aliphatic heterocycles. The van der Waals surface area contributed by atoms with E-state index in [1.54, 1.807) is 6.07 Å². The largest absolute Gasteiger partial charge is 0.423 e. The number of anilines is 2. The zero-order valence-electron chi connectivity index (χ0n) is 9.59. The van der Waals surface area contributed by atoms with Crippen LogP contribution in [0.15, 0.2) is 6.07 Å². The van der Waals surface area contributed by atoms with Crippen molar-refractivity contribution in [2.24, 2.45) is 0 Å². The maximum absolute atomic E-state index is 9.24. The van der Waals surface area contributed by atoms with Crippen LogP contribution in [-0.2, 0) is 0 Å². The van der Waals surface area contributed by atoms with E-state index in [4.69, 9.17) is 11.1 Å². The van der Waals surface area contributed by atoms with Gasteiger partial charge in [0.2, 0.25) is 0 Å². The van der Waals surface area contributed by atoms with E-state index >= 15 is 0 Å². The van der Waals surface area contributed by atoms with E-state index in [0.29, 0.717) is 10.5 Å². The molecule has 0 spiro atoms. The lowest BCUT2D eigenvalue weighted by Crippen LogP contribution is -2.44. The van der Waals surface area contributed by atoms with Gasteiger partial charge in [0.1, 0.15) is 11.6 Å². The van der Waals surface area contributed by atoms with Gasteiger partial charge in [-0.15, -0.1) is 29.5 Å². The van der Waals surface area contributed by atoms with Crippen LogP contribution in [0.5, 0.6) is 0 Å². The maximum Gasteiger partial charge on any atom is 0.259 e. The van der Waals surface area contributed by atoms with Gasteiger partial charge in [-0.3, -0.25) is 5.41 Å². The minimum Gasteiger partial charge on any atom is -0.423 e. The Kier molecular flexibility index (Phi) is 8.48. The quantitative estimate of drug-likeness (QED) is 0.474. The Labute approximate surface area is 116 Å². The molecule has 0 atom stereocenters. The number of aromatic nitrogens is 2. The molecule has 2 rings (SSSR count). The molecule has 0 saturated carbocycles. The van der Waals surface area contributed by atoms with Crippen LogP contribution in [0.1, 0.15) is 0 Å². The van der Waals surface area contributed by atoms with Crippen molar-refractivity contribution in [3.8, 4) is 0 Å². The van der Waals surface area contributed by atoms with Gasteiger partial charge in [-0.2, -0.15) is 4.98 Å². The molecule has 0 radical (unpaired) electrons. The molecule has 2 heterocycles. The van der Waals surface area contributed by atoms with Crippen molar-refractivity contribution in [1.82, 2.24) is 15.0 Å². The van der Waals surface area contributed by atoms with E-state index in [1.165, 1.54) is 0 Å². The summed E-state index contributed by atoms with van der Waals surface area (Å²) in [5.74, 6) is 0.771. The van der Waals surface area contributed by atoms with E-state index < -0.39 is 0 Å². The third kappa shape index (κ3) is 3.91. The number of hydrogen-bond acceptors (Lipinski definition) is 6. The second kappa shape index (κ2) is 7.98. The molecule has 106 valence electrons. The van der Waals surface area contributed by atoms with Crippen molar-refractivity contribution in [2.45, 2.75) is 0 Å². The molecule has 7 N–H and O–H groups in total. The normalized spacial score (nSPS) is 13.9. The number of nitrogens with two attached hydrogens (primary N) is 1. The lowest BCUT2D eigenvalue weighted by Gasteiger charge is -2.28. The second-order valence-corrected chi connectivity index (χ2v) is 3.41. The van der Waals surface area contributed by atoms with Crippen LogP contribution >= 0.6 is 24.8 Å². The third-order valence-electron chi connectivity index (χ3n) is 2.38. The highest BCUT2D eigenvalue weighted by atomic mass is 35.5. The monoisotopic (exact) mass is 300 g/mol.